The van der Waals surface area contributed by atoms with Crippen molar-refractivity contribution in [1.82, 2.24) is 4.57 Å². The summed E-state index contributed by atoms with van der Waals surface area (Å²) < 4.78 is 133. The van der Waals surface area contributed by atoms with Crippen molar-refractivity contribution in [1.29, 1.82) is 0 Å². The normalized spacial score (nSPS) is 14.8. The molecule has 2 aliphatic heterocycles. The van der Waals surface area contributed by atoms with Crippen molar-refractivity contribution < 1.29 is 22.2 Å². The van der Waals surface area contributed by atoms with E-state index in [1.165, 1.54) is 0 Å². The molecule has 14 aromatic carbocycles. The molecule has 3 aromatic heterocycles. The molecular formula is C92H68BN3OS. The van der Waals surface area contributed by atoms with E-state index >= 15 is 0 Å². The fourth-order valence-corrected chi connectivity index (χ4v) is 16.5. The predicted octanol–water partition coefficient (Wildman–Crippen LogP) is 24.1. The van der Waals surface area contributed by atoms with Gasteiger partial charge in [-0.05, 0) is 161 Å². The zero-order chi connectivity index (χ0) is 77.0. The number of nitrogens with zero attached hydrogens (tertiary/aromatic N) is 3. The molecule has 98 heavy (non-hydrogen) atoms. The van der Waals surface area contributed by atoms with Gasteiger partial charge < -0.3 is 18.8 Å². The highest BCUT2D eigenvalue weighted by Crippen LogP contribution is 2.53. The molecule has 0 atom stereocenters. The Morgan fingerprint density at radius 3 is 1.55 bits per heavy atom. The smallest absolute Gasteiger partial charge is 0.252 e. The number of hydrogen-bond acceptors (Lipinski definition) is 4. The molecule has 0 spiro atoms. The minimum Gasteiger partial charge on any atom is -0.456 e. The average Bonchev–Trinajstić information content (AvgIpc) is 1.08. The van der Waals surface area contributed by atoms with Crippen LogP contribution in [0.25, 0.3) is 125 Å². The zero-order valence-corrected chi connectivity index (χ0v) is 55.4. The van der Waals surface area contributed by atoms with Gasteiger partial charge in [0.15, 0.2) is 0 Å². The predicted molar refractivity (Wildman–Crippen MR) is 420 cm³/mol. The molecule has 5 heterocycles. The van der Waals surface area contributed by atoms with Gasteiger partial charge in [0.1, 0.15) is 11.2 Å². The van der Waals surface area contributed by atoms with Crippen LogP contribution >= 0.6 is 11.3 Å². The quantitative estimate of drug-likeness (QED) is 0.142. The molecule has 19 rings (SSSR count). The maximum Gasteiger partial charge on any atom is 0.252 e. The minimum atomic E-state index is -0.658. The third kappa shape index (κ3) is 9.18. The maximum atomic E-state index is 10.0. The molecule has 0 saturated heterocycles. The largest absolute Gasteiger partial charge is 0.456 e. The fraction of sp³-hybridized carbons (Fsp3) is 0.0870. The number of anilines is 6. The minimum absolute atomic E-state index is 0.00216. The van der Waals surface area contributed by atoms with Gasteiger partial charge in [-0.1, -0.05) is 272 Å². The highest BCUT2D eigenvalue weighted by molar-refractivity contribution is 7.27. The Kier molecular flexibility index (Phi) is 10.3. The van der Waals surface area contributed by atoms with Crippen molar-refractivity contribution in [2.45, 2.75) is 52.4 Å². The van der Waals surface area contributed by atoms with Crippen LogP contribution < -0.4 is 26.2 Å². The second-order valence-electron chi connectivity index (χ2n) is 27.8. The van der Waals surface area contributed by atoms with Crippen LogP contribution in [-0.2, 0) is 10.8 Å². The first-order valence-electron chi connectivity index (χ1n) is 39.7. The van der Waals surface area contributed by atoms with Crippen molar-refractivity contribution in [2.75, 3.05) is 9.80 Å². The first-order valence-corrected chi connectivity index (χ1v) is 34.0. The van der Waals surface area contributed by atoms with Gasteiger partial charge in [-0.25, -0.2) is 0 Å². The Morgan fingerprint density at radius 1 is 0.337 bits per heavy atom. The van der Waals surface area contributed by atoms with Crippen molar-refractivity contribution in [3.05, 3.63) is 314 Å². The summed E-state index contributed by atoms with van der Waals surface area (Å²) in [7, 11) is 0. The summed E-state index contributed by atoms with van der Waals surface area (Å²) in [5.74, 6) is 0. The molecule has 0 amide bonds. The SMILES string of the molecule is [2H]c1c([2H])c([2H])c(-c2ccc3c(c2)N(c2ccc(-c4ccccc4)cc2-c2ccccc2)c2cc(-n4c5c([2H])c([2H])c([2H])c([2H])c5c5c([2H])c([2H])c([2H])c([2H])c54)cc4c2B3c2ccc(-c3cc(C(C)(C)C)cc(C(C)(C)C)c3)cc2N4c2cccc3c2sc2c(-c4ccc5oc6ccccc6c5c4)cccc23)c([2H])c1[2H]. The molecule has 0 fully saturated rings. The van der Waals surface area contributed by atoms with E-state index in [0.29, 0.717) is 34.0 Å². The summed E-state index contributed by atoms with van der Waals surface area (Å²) in [5.41, 5.74) is 18.0. The van der Waals surface area contributed by atoms with Crippen LogP contribution in [-0.4, -0.2) is 11.3 Å². The Labute approximate surface area is 593 Å². The lowest BCUT2D eigenvalue weighted by molar-refractivity contribution is 0.569. The standard InChI is InChI=1S/C92H68BN3OS/c1-91(2,3)65-48-64(49-66(54-65)92(4,5)6)62-41-45-77-83(53-62)96(81-38-23-35-73-72-34-22-33-68(89(72)98-90(73)81)63-43-47-87-75(51-63)71-32-18-21-39-86(71)97-87)85-56-67(94-78-36-19-16-30-69(78)70-31-17-20-37-79(70)94)55-84-88(85)93(77)76-44-40-61(58-26-12-8-13-27-58)52-82(76)95(84)80-46-42-60(57-24-10-7-11-25-57)50-74(80)59-28-14-9-15-29-59/h7-56H,1-6H3/i8D,12D,13D,16D,17D,19D,20D,26D,27D,30D,31D,36D,37D. The Morgan fingerprint density at radius 2 is 0.878 bits per heavy atom. The summed E-state index contributed by atoms with van der Waals surface area (Å²) in [6, 6.07) is 70.9. The Bertz CT molecular complexity index is 6800. The van der Waals surface area contributed by atoms with Crippen molar-refractivity contribution in [3.63, 3.8) is 0 Å². The van der Waals surface area contributed by atoms with Gasteiger partial charge in [0.2, 0.25) is 0 Å². The highest BCUT2D eigenvalue weighted by Gasteiger charge is 2.45. The second-order valence-corrected chi connectivity index (χ2v) is 28.9. The van der Waals surface area contributed by atoms with E-state index in [4.69, 9.17) is 8.53 Å². The van der Waals surface area contributed by atoms with Gasteiger partial charge >= 0.3 is 0 Å². The maximum absolute atomic E-state index is 10.0. The molecule has 0 aliphatic carbocycles. The van der Waals surface area contributed by atoms with Crippen LogP contribution in [0, 0.1) is 0 Å². The Balaban J connectivity index is 0.996. The lowest BCUT2D eigenvalue weighted by atomic mass is 9.33. The molecule has 466 valence electrons. The van der Waals surface area contributed by atoms with Crippen LogP contribution in [0.2, 0.25) is 0 Å². The van der Waals surface area contributed by atoms with Crippen LogP contribution in [0.5, 0.6) is 0 Å². The van der Waals surface area contributed by atoms with Crippen LogP contribution in [0.4, 0.5) is 34.1 Å². The lowest BCUT2D eigenvalue weighted by Crippen LogP contribution is -2.61. The zero-order valence-electron chi connectivity index (χ0n) is 67.6. The number of para-hydroxylation sites is 3. The van der Waals surface area contributed by atoms with Crippen LogP contribution in [0.15, 0.2) is 307 Å². The number of fused-ring (bicyclic) bond motifs is 13. The highest BCUT2D eigenvalue weighted by atomic mass is 32.1. The topological polar surface area (TPSA) is 24.6 Å². The summed E-state index contributed by atoms with van der Waals surface area (Å²) >= 11 is 1.69. The molecule has 0 saturated carbocycles. The van der Waals surface area contributed by atoms with E-state index in [1.54, 1.807) is 15.9 Å². The first kappa shape index (κ1) is 45.9. The number of aromatic nitrogens is 1. The van der Waals surface area contributed by atoms with Gasteiger partial charge in [0, 0.05) is 65.3 Å². The fourth-order valence-electron chi connectivity index (χ4n) is 15.2. The number of rotatable bonds is 8. The molecule has 0 radical (unpaired) electrons. The molecule has 4 nitrogen and oxygen atoms in total. The Hall–Kier alpha value is -11.4. The summed E-state index contributed by atoms with van der Waals surface area (Å²) in [4.78, 5) is 4.50. The summed E-state index contributed by atoms with van der Waals surface area (Å²) in [6.45, 7) is 12.7. The van der Waals surface area contributed by atoms with Gasteiger partial charge in [0.05, 0.1) is 50.6 Å². The van der Waals surface area contributed by atoms with Crippen LogP contribution in [0.3, 0.4) is 0 Å². The summed E-state index contributed by atoms with van der Waals surface area (Å²) in [6.07, 6.45) is 0. The monoisotopic (exact) mass is 1290 g/mol. The molecule has 0 unspecified atom stereocenters. The number of benzene rings is 14. The van der Waals surface area contributed by atoms with Gasteiger partial charge in [-0.3, -0.25) is 0 Å². The number of furan rings is 1. The first-order chi connectivity index (χ1) is 53.2. The van der Waals surface area contributed by atoms with Crippen molar-refractivity contribution in [3.8, 4) is 61.3 Å². The van der Waals surface area contributed by atoms with Crippen molar-refractivity contribution >= 4 is 132 Å². The number of hydrogen-bond donors (Lipinski definition) is 0. The van der Waals surface area contributed by atoms with E-state index in [-0.39, 0.29) is 50.3 Å². The molecule has 0 bridgehead atoms. The molecule has 6 heteroatoms. The van der Waals surface area contributed by atoms with E-state index in [0.717, 1.165) is 126 Å². The van der Waals surface area contributed by atoms with Crippen LogP contribution in [0.1, 0.15) is 70.5 Å². The third-order valence-corrected chi connectivity index (χ3v) is 21.3. The van der Waals surface area contributed by atoms with E-state index in [9.17, 15) is 13.7 Å². The van der Waals surface area contributed by atoms with E-state index in [1.807, 2.05) is 91.0 Å². The van der Waals surface area contributed by atoms with Crippen molar-refractivity contribution in [2.24, 2.45) is 0 Å². The molecule has 0 N–H and O–H groups in total. The number of thiophene rings is 1. The average molecular weight is 1290 g/mol. The van der Waals surface area contributed by atoms with E-state index in [2.05, 4.69) is 185 Å². The molecular weight excluding hydrogens is 1210 g/mol. The van der Waals surface area contributed by atoms with E-state index < -0.39 is 73.2 Å². The molecule has 2 aliphatic rings. The van der Waals surface area contributed by atoms with Gasteiger partial charge in [-0.15, -0.1) is 11.3 Å². The lowest BCUT2D eigenvalue weighted by Gasteiger charge is -2.45. The van der Waals surface area contributed by atoms with Gasteiger partial charge in [-0.2, -0.15) is 0 Å². The summed E-state index contributed by atoms with van der Waals surface area (Å²) in [5, 5.41) is 3.90. The molecule has 17 aromatic rings. The second kappa shape index (κ2) is 22.1. The third-order valence-electron chi connectivity index (χ3n) is 20.0. The van der Waals surface area contributed by atoms with Gasteiger partial charge in [0.25, 0.3) is 6.71 Å².